The van der Waals surface area contributed by atoms with Gasteiger partial charge in [-0.05, 0) is 42.7 Å². The molecule has 0 aliphatic heterocycles. The van der Waals surface area contributed by atoms with Gasteiger partial charge in [-0.25, -0.2) is 0 Å². The van der Waals surface area contributed by atoms with Crippen molar-refractivity contribution in [1.82, 2.24) is 4.90 Å². The van der Waals surface area contributed by atoms with Crippen LogP contribution in [0.1, 0.15) is 35.3 Å². The maximum atomic E-state index is 13.3. The van der Waals surface area contributed by atoms with Crippen LogP contribution in [-0.4, -0.2) is 39.5 Å². The summed E-state index contributed by atoms with van der Waals surface area (Å²) in [6.07, 6.45) is 4.49. The fraction of sp³-hybridized carbons (Fsp3) is 0.304. The van der Waals surface area contributed by atoms with Crippen LogP contribution in [-0.2, 0) is 28.6 Å². The Morgan fingerprint density at radius 3 is 2.41 bits per heavy atom. The minimum Gasteiger partial charge on any atom is -0.497 e. The number of benzene rings is 2. The summed E-state index contributed by atoms with van der Waals surface area (Å²) in [7, 11) is 0.281. The molecule has 5 nitrogen and oxygen atoms in total. The number of ether oxygens (including phenoxy) is 1. The van der Waals surface area contributed by atoms with E-state index in [1.165, 1.54) is 4.90 Å². The predicted molar refractivity (Wildman–Crippen MR) is 116 cm³/mol. The number of hydrogen-bond acceptors (Lipinski definition) is 4. The van der Waals surface area contributed by atoms with Gasteiger partial charge in [0, 0.05) is 22.1 Å². The zero-order chi connectivity index (χ0) is 21.2. The van der Waals surface area contributed by atoms with Crippen molar-refractivity contribution in [3.8, 4) is 5.75 Å². The Hall–Kier alpha value is -2.73. The Balaban J connectivity index is 2.36. The van der Waals surface area contributed by atoms with Crippen molar-refractivity contribution in [1.29, 1.82) is 0 Å². The first-order valence-corrected chi connectivity index (χ1v) is 11.0. The molecule has 0 spiro atoms. The average molecular weight is 414 g/mol. The molecule has 0 N–H and O–H groups in total. The molecule has 0 heterocycles. The minimum absolute atomic E-state index is 0.112. The number of rotatable bonds is 9. The van der Waals surface area contributed by atoms with Crippen molar-refractivity contribution in [2.45, 2.75) is 26.8 Å². The highest BCUT2D eigenvalue weighted by Gasteiger charge is 2.25. The van der Waals surface area contributed by atoms with Crippen LogP contribution in [0.15, 0.2) is 60.7 Å². The number of methoxy groups -OCH3 is 1. The molecular weight excluding hydrogens is 386 g/mol. The molecule has 154 valence electrons. The molecule has 1 unspecified atom stereocenters. The Kier molecular flexibility index (Phi) is 8.80. The van der Waals surface area contributed by atoms with E-state index in [4.69, 9.17) is 4.74 Å². The lowest BCUT2D eigenvalue weighted by atomic mass is 10.0. The van der Waals surface area contributed by atoms with E-state index < -0.39 is 16.7 Å². The van der Waals surface area contributed by atoms with Gasteiger partial charge in [0.15, 0.2) is 0 Å². The maximum Gasteiger partial charge on any atom is 0.261 e. The number of allylic oxidation sites excluding steroid dienone is 2. The third-order valence-corrected chi connectivity index (χ3v) is 5.69. The van der Waals surface area contributed by atoms with Gasteiger partial charge in [0.25, 0.3) is 5.91 Å². The number of nitrogens with zero attached hydrogens (tertiary/aromatic N) is 1. The first-order valence-electron chi connectivity index (χ1n) is 9.51. The maximum absolute atomic E-state index is 13.3. The number of hydrogen-bond donors (Lipinski definition) is 0. The van der Waals surface area contributed by atoms with Gasteiger partial charge in [-0.15, -0.1) is 0 Å². The molecule has 29 heavy (non-hydrogen) atoms. The van der Waals surface area contributed by atoms with Gasteiger partial charge in [0.05, 0.1) is 13.7 Å². The lowest BCUT2D eigenvalue weighted by Crippen LogP contribution is -2.39. The predicted octanol–water partition coefficient (Wildman–Crippen LogP) is 3.75. The first kappa shape index (κ1) is 22.6. The van der Waals surface area contributed by atoms with Crippen molar-refractivity contribution >= 4 is 22.6 Å². The van der Waals surface area contributed by atoms with Crippen molar-refractivity contribution in [2.75, 3.05) is 18.6 Å². The lowest BCUT2D eigenvalue weighted by molar-refractivity contribution is -0.126. The van der Waals surface area contributed by atoms with E-state index in [1.807, 2.05) is 43.3 Å². The summed E-state index contributed by atoms with van der Waals surface area (Å²) < 4.78 is 17.1. The van der Waals surface area contributed by atoms with Crippen LogP contribution in [0.5, 0.6) is 5.75 Å². The zero-order valence-corrected chi connectivity index (χ0v) is 17.9. The second kappa shape index (κ2) is 11.3. The highest BCUT2D eigenvalue weighted by atomic mass is 32.2. The summed E-state index contributed by atoms with van der Waals surface area (Å²) >= 11 is 0. The van der Waals surface area contributed by atoms with Gasteiger partial charge in [0.1, 0.15) is 11.5 Å². The van der Waals surface area contributed by atoms with E-state index in [0.29, 0.717) is 23.5 Å². The van der Waals surface area contributed by atoms with E-state index in [0.717, 1.165) is 11.1 Å². The van der Waals surface area contributed by atoms with E-state index in [2.05, 4.69) is 0 Å². The highest BCUT2D eigenvalue weighted by molar-refractivity contribution is 7.85. The molecule has 0 saturated carbocycles. The van der Waals surface area contributed by atoms with Gasteiger partial charge < -0.3 is 4.74 Å². The average Bonchev–Trinajstić information content (AvgIpc) is 2.75. The minimum atomic E-state index is -1.30. The molecule has 0 aromatic heterocycles. The quantitative estimate of drug-likeness (QED) is 0.588. The lowest BCUT2D eigenvalue weighted by Gasteiger charge is -2.22. The number of carbonyl (C=O) groups is 2. The van der Waals surface area contributed by atoms with Crippen molar-refractivity contribution < 1.29 is 18.5 Å². The van der Waals surface area contributed by atoms with Gasteiger partial charge in [0.2, 0.25) is 5.91 Å². The van der Waals surface area contributed by atoms with Gasteiger partial charge >= 0.3 is 0 Å². The standard InChI is InChI=1S/C23H27NO4S/c1-4-6-9-19-10-7-8-11-21(19)23(26)24(22(25)17-29(27)5-2)16-18-12-14-20(28-3)15-13-18/h4,6-8,10-15H,5,9,16-17H2,1-3H3/b6-4+. The van der Waals surface area contributed by atoms with E-state index in [1.54, 1.807) is 38.3 Å². The Labute approximate surface area is 174 Å². The van der Waals surface area contributed by atoms with Gasteiger partial charge in [-0.3, -0.25) is 18.7 Å². The molecule has 0 bridgehead atoms. The number of carbonyl (C=O) groups excluding carboxylic acids is 2. The molecule has 2 aromatic rings. The monoisotopic (exact) mass is 413 g/mol. The van der Waals surface area contributed by atoms with Crippen LogP contribution < -0.4 is 4.74 Å². The summed E-state index contributed by atoms with van der Waals surface area (Å²) in [4.78, 5) is 27.4. The van der Waals surface area contributed by atoms with Crippen LogP contribution >= 0.6 is 0 Å². The van der Waals surface area contributed by atoms with Crippen LogP contribution in [0, 0.1) is 0 Å². The van der Waals surface area contributed by atoms with Gasteiger partial charge in [-0.1, -0.05) is 49.4 Å². The fourth-order valence-corrected chi connectivity index (χ4v) is 3.44. The molecule has 0 aliphatic rings. The van der Waals surface area contributed by atoms with Gasteiger partial charge in [-0.2, -0.15) is 0 Å². The molecule has 6 heteroatoms. The van der Waals surface area contributed by atoms with E-state index in [9.17, 15) is 13.8 Å². The second-order valence-corrected chi connectivity index (χ2v) is 8.18. The summed E-state index contributed by atoms with van der Waals surface area (Å²) in [5.41, 5.74) is 2.12. The summed E-state index contributed by atoms with van der Waals surface area (Å²) in [5.74, 6) is 0.0801. The Morgan fingerprint density at radius 1 is 1.10 bits per heavy atom. The smallest absolute Gasteiger partial charge is 0.261 e. The van der Waals surface area contributed by atoms with Crippen molar-refractivity contribution in [3.63, 3.8) is 0 Å². The van der Waals surface area contributed by atoms with Crippen LogP contribution in [0.4, 0.5) is 0 Å². The molecule has 2 amide bonds. The largest absolute Gasteiger partial charge is 0.497 e. The van der Waals surface area contributed by atoms with Crippen LogP contribution in [0.25, 0.3) is 0 Å². The molecular formula is C23H27NO4S. The summed E-state index contributed by atoms with van der Waals surface area (Å²) in [6.45, 7) is 3.79. The molecule has 0 saturated heterocycles. The number of imide groups is 1. The fourth-order valence-electron chi connectivity index (χ4n) is 2.80. The molecule has 2 aromatic carbocycles. The molecule has 1 atom stereocenters. The van der Waals surface area contributed by atoms with Crippen LogP contribution in [0.3, 0.4) is 0 Å². The normalized spacial score (nSPS) is 12.0. The third kappa shape index (κ3) is 6.39. The topological polar surface area (TPSA) is 63.7 Å². The third-order valence-electron chi connectivity index (χ3n) is 4.47. The first-order chi connectivity index (χ1) is 14.0. The van der Waals surface area contributed by atoms with E-state index in [-0.39, 0.29) is 18.2 Å². The van der Waals surface area contributed by atoms with Crippen LogP contribution in [0.2, 0.25) is 0 Å². The second-order valence-electron chi connectivity index (χ2n) is 6.44. The van der Waals surface area contributed by atoms with Crippen molar-refractivity contribution in [2.24, 2.45) is 0 Å². The number of amides is 2. The zero-order valence-electron chi connectivity index (χ0n) is 17.1. The Bertz CT molecular complexity index is 890. The highest BCUT2D eigenvalue weighted by Crippen LogP contribution is 2.18. The molecule has 0 radical (unpaired) electrons. The Morgan fingerprint density at radius 2 is 1.79 bits per heavy atom. The van der Waals surface area contributed by atoms with Crippen molar-refractivity contribution in [3.05, 3.63) is 77.4 Å². The summed E-state index contributed by atoms with van der Waals surface area (Å²) in [6, 6.07) is 14.5. The molecule has 0 aliphatic carbocycles. The molecule has 2 rings (SSSR count). The summed E-state index contributed by atoms with van der Waals surface area (Å²) in [5, 5.41) is 0. The molecule has 0 fully saturated rings. The van der Waals surface area contributed by atoms with E-state index >= 15 is 0 Å². The SMILES string of the molecule is C/C=C/Cc1ccccc1C(=O)N(Cc1ccc(OC)cc1)C(=O)CS(=O)CC.